The molecule has 2 rings (SSSR count). The zero-order valence-electron chi connectivity index (χ0n) is 14.8. The van der Waals surface area contributed by atoms with E-state index < -0.39 is 5.97 Å². The number of hydrogen-bond donors (Lipinski definition) is 2. The van der Waals surface area contributed by atoms with E-state index >= 15 is 0 Å². The average Bonchev–Trinajstić information content (AvgIpc) is 2.65. The number of nitrogens with zero attached hydrogens (tertiary/aromatic N) is 1. The van der Waals surface area contributed by atoms with Crippen LogP contribution in [0, 0.1) is 0 Å². The van der Waals surface area contributed by atoms with Gasteiger partial charge < -0.3 is 19.9 Å². The molecule has 0 aliphatic rings. The number of amides is 1. The van der Waals surface area contributed by atoms with Gasteiger partial charge in [-0.15, -0.1) is 0 Å². The molecule has 1 aromatic heterocycles. The quantitative estimate of drug-likeness (QED) is 0.669. The number of nitrogens with one attached hydrogen (secondary N) is 1. The third kappa shape index (κ3) is 5.20. The Bertz CT molecular complexity index is 776. The van der Waals surface area contributed by atoms with Gasteiger partial charge in [-0.25, -0.2) is 9.78 Å². The van der Waals surface area contributed by atoms with E-state index in [9.17, 15) is 9.59 Å². The number of carbonyl (C=O) groups excluding carboxylic acids is 1. The Hall–Kier alpha value is -3.09. The molecule has 0 bridgehead atoms. The molecule has 0 atom stereocenters. The second-order valence-electron chi connectivity index (χ2n) is 5.51. The number of carbonyl (C=O) groups is 2. The molecule has 0 saturated carbocycles. The zero-order valence-corrected chi connectivity index (χ0v) is 14.8. The van der Waals surface area contributed by atoms with Crippen LogP contribution in [0.3, 0.4) is 0 Å². The number of aromatic nitrogens is 1. The van der Waals surface area contributed by atoms with E-state index in [1.165, 1.54) is 18.3 Å². The molecule has 0 aliphatic heterocycles. The molecule has 2 N–H and O–H groups in total. The van der Waals surface area contributed by atoms with Gasteiger partial charge in [-0.1, -0.05) is 6.07 Å². The molecule has 1 heterocycles. The van der Waals surface area contributed by atoms with Crippen molar-refractivity contribution in [3.8, 4) is 11.5 Å². The summed E-state index contributed by atoms with van der Waals surface area (Å²) in [5, 5.41) is 11.7. The van der Waals surface area contributed by atoms with E-state index in [1.54, 1.807) is 7.11 Å². The average molecular weight is 358 g/mol. The Morgan fingerprint density at radius 1 is 1.19 bits per heavy atom. The number of pyridine rings is 1. The SMILES string of the molecule is CCOc1cc(CCCNC(=O)c2ccnc(C(=O)O)c2)ccc1OC. The van der Waals surface area contributed by atoms with Crippen molar-refractivity contribution >= 4 is 11.9 Å². The number of hydrogen-bond acceptors (Lipinski definition) is 5. The fourth-order valence-electron chi connectivity index (χ4n) is 2.43. The van der Waals surface area contributed by atoms with Crippen molar-refractivity contribution in [1.82, 2.24) is 10.3 Å². The standard InChI is InChI=1S/C19H22N2O5/c1-3-26-17-11-13(6-7-16(17)25-2)5-4-9-21-18(22)14-8-10-20-15(12-14)19(23)24/h6-8,10-12H,3-5,9H2,1-2H3,(H,21,22)(H,23,24). The molecule has 2 aromatic rings. The van der Waals surface area contributed by atoms with Crippen molar-refractivity contribution in [3.63, 3.8) is 0 Å². The molecule has 7 heteroatoms. The number of benzene rings is 1. The Morgan fingerprint density at radius 2 is 2.00 bits per heavy atom. The molecule has 0 aliphatic carbocycles. The summed E-state index contributed by atoms with van der Waals surface area (Å²) in [6.07, 6.45) is 2.81. The van der Waals surface area contributed by atoms with Gasteiger partial charge in [0.05, 0.1) is 13.7 Å². The van der Waals surface area contributed by atoms with Gasteiger partial charge in [0.1, 0.15) is 5.69 Å². The summed E-state index contributed by atoms with van der Waals surface area (Å²) in [7, 11) is 1.60. The highest BCUT2D eigenvalue weighted by Crippen LogP contribution is 2.28. The molecular weight excluding hydrogens is 336 g/mol. The van der Waals surface area contributed by atoms with Crippen LogP contribution in [0.4, 0.5) is 0 Å². The molecule has 26 heavy (non-hydrogen) atoms. The van der Waals surface area contributed by atoms with Crippen molar-refractivity contribution < 1.29 is 24.2 Å². The van der Waals surface area contributed by atoms with Crippen LogP contribution in [-0.4, -0.2) is 42.2 Å². The van der Waals surface area contributed by atoms with Crippen LogP contribution in [0.2, 0.25) is 0 Å². The highest BCUT2D eigenvalue weighted by atomic mass is 16.5. The molecule has 1 aromatic carbocycles. The summed E-state index contributed by atoms with van der Waals surface area (Å²) >= 11 is 0. The van der Waals surface area contributed by atoms with Crippen molar-refractivity contribution in [2.24, 2.45) is 0 Å². The Morgan fingerprint density at radius 3 is 2.69 bits per heavy atom. The second kappa shape index (κ2) is 9.41. The van der Waals surface area contributed by atoms with Crippen LogP contribution in [0.15, 0.2) is 36.5 Å². The van der Waals surface area contributed by atoms with E-state index in [1.807, 2.05) is 25.1 Å². The topological polar surface area (TPSA) is 97.8 Å². The molecule has 0 unspecified atom stereocenters. The largest absolute Gasteiger partial charge is 0.493 e. The first-order chi connectivity index (χ1) is 12.5. The lowest BCUT2D eigenvalue weighted by molar-refractivity contribution is 0.0690. The van der Waals surface area contributed by atoms with Crippen LogP contribution in [0.5, 0.6) is 11.5 Å². The van der Waals surface area contributed by atoms with Gasteiger partial charge >= 0.3 is 5.97 Å². The smallest absolute Gasteiger partial charge is 0.354 e. The summed E-state index contributed by atoms with van der Waals surface area (Å²) in [6.45, 7) is 2.94. The zero-order chi connectivity index (χ0) is 18.9. The number of methoxy groups -OCH3 is 1. The summed E-state index contributed by atoms with van der Waals surface area (Å²) < 4.78 is 10.8. The molecule has 7 nitrogen and oxygen atoms in total. The van der Waals surface area contributed by atoms with Gasteiger partial charge in [0.25, 0.3) is 5.91 Å². The fraction of sp³-hybridized carbons (Fsp3) is 0.316. The van der Waals surface area contributed by atoms with Crippen LogP contribution >= 0.6 is 0 Å². The molecule has 138 valence electrons. The number of ether oxygens (including phenoxy) is 2. The van der Waals surface area contributed by atoms with E-state index in [0.717, 1.165) is 18.4 Å². The van der Waals surface area contributed by atoms with Crippen LogP contribution in [-0.2, 0) is 6.42 Å². The van der Waals surface area contributed by atoms with Gasteiger partial charge in [-0.05, 0) is 49.6 Å². The van der Waals surface area contributed by atoms with Crippen molar-refractivity contribution in [2.75, 3.05) is 20.3 Å². The van der Waals surface area contributed by atoms with Gasteiger partial charge in [-0.3, -0.25) is 4.79 Å². The maximum Gasteiger partial charge on any atom is 0.354 e. The van der Waals surface area contributed by atoms with Crippen molar-refractivity contribution in [1.29, 1.82) is 0 Å². The van der Waals surface area contributed by atoms with Gasteiger partial charge in [-0.2, -0.15) is 0 Å². The minimum atomic E-state index is -1.16. The summed E-state index contributed by atoms with van der Waals surface area (Å²) in [5.74, 6) is -0.0887. The highest BCUT2D eigenvalue weighted by Gasteiger charge is 2.10. The minimum absolute atomic E-state index is 0.153. The molecule has 0 fully saturated rings. The predicted octanol–water partition coefficient (Wildman–Crippen LogP) is 2.55. The molecule has 0 spiro atoms. The molecule has 1 amide bonds. The van der Waals surface area contributed by atoms with Crippen LogP contribution in [0.25, 0.3) is 0 Å². The Labute approximate surface area is 152 Å². The van der Waals surface area contributed by atoms with E-state index in [2.05, 4.69) is 10.3 Å². The van der Waals surface area contributed by atoms with Gasteiger partial charge in [0.2, 0.25) is 0 Å². The molecule has 0 saturated heterocycles. The third-order valence-corrected chi connectivity index (χ3v) is 3.70. The number of rotatable bonds is 9. The summed E-state index contributed by atoms with van der Waals surface area (Å²) in [4.78, 5) is 26.7. The monoisotopic (exact) mass is 358 g/mol. The number of carboxylic acid groups (broad SMARTS) is 1. The van der Waals surface area contributed by atoms with Gasteiger partial charge in [0.15, 0.2) is 11.5 Å². The maximum absolute atomic E-state index is 12.1. The number of carboxylic acids is 1. The first-order valence-electron chi connectivity index (χ1n) is 8.32. The second-order valence-corrected chi connectivity index (χ2v) is 5.51. The number of aryl methyl sites for hydroxylation is 1. The van der Waals surface area contributed by atoms with Crippen LogP contribution < -0.4 is 14.8 Å². The lowest BCUT2D eigenvalue weighted by Crippen LogP contribution is -2.25. The fourth-order valence-corrected chi connectivity index (χ4v) is 2.43. The summed E-state index contributed by atoms with van der Waals surface area (Å²) in [5.41, 5.74) is 1.21. The van der Waals surface area contributed by atoms with E-state index in [4.69, 9.17) is 14.6 Å². The van der Waals surface area contributed by atoms with Crippen LogP contribution in [0.1, 0.15) is 39.8 Å². The normalized spacial score (nSPS) is 10.2. The predicted molar refractivity (Wildman–Crippen MR) is 96.0 cm³/mol. The first-order valence-corrected chi connectivity index (χ1v) is 8.32. The Balaban J connectivity index is 1.86. The minimum Gasteiger partial charge on any atom is -0.493 e. The van der Waals surface area contributed by atoms with Gasteiger partial charge in [0, 0.05) is 18.3 Å². The van der Waals surface area contributed by atoms with Crippen molar-refractivity contribution in [3.05, 3.63) is 53.3 Å². The Kier molecular flexibility index (Phi) is 6.96. The number of aromatic carboxylic acids is 1. The maximum atomic E-state index is 12.1. The first kappa shape index (κ1) is 19.2. The highest BCUT2D eigenvalue weighted by molar-refractivity contribution is 5.96. The van der Waals surface area contributed by atoms with E-state index in [-0.39, 0.29) is 17.2 Å². The molecule has 0 radical (unpaired) electrons. The summed E-state index contributed by atoms with van der Waals surface area (Å²) in [6, 6.07) is 8.51. The third-order valence-electron chi connectivity index (χ3n) is 3.70. The molecular formula is C19H22N2O5. The van der Waals surface area contributed by atoms with E-state index in [0.29, 0.717) is 24.7 Å². The lowest BCUT2D eigenvalue weighted by Gasteiger charge is -2.11. The lowest BCUT2D eigenvalue weighted by atomic mass is 10.1. The van der Waals surface area contributed by atoms with Crippen molar-refractivity contribution in [2.45, 2.75) is 19.8 Å².